The number of benzene rings is 2. The lowest BCUT2D eigenvalue weighted by Crippen LogP contribution is -2.52. The average molecular weight is 521 g/mol. The molecule has 4 rings (SSSR count). The van der Waals surface area contributed by atoms with Crippen LogP contribution in [0.2, 0.25) is 10.0 Å². The predicted molar refractivity (Wildman–Crippen MR) is 133 cm³/mol. The van der Waals surface area contributed by atoms with Crippen molar-refractivity contribution in [1.82, 2.24) is 15.3 Å². The number of nitrogens with one attached hydrogen (secondary N) is 2. The summed E-state index contributed by atoms with van der Waals surface area (Å²) in [4.78, 5) is 20.6. The summed E-state index contributed by atoms with van der Waals surface area (Å²) in [5.74, 6) is 0.0109. The fourth-order valence-electron chi connectivity index (χ4n) is 3.90. The van der Waals surface area contributed by atoms with Gasteiger partial charge in [0.05, 0.1) is 48.5 Å². The highest BCUT2D eigenvalue weighted by Crippen LogP contribution is 2.47. The molecule has 8 nitrogen and oxygen atoms in total. The Morgan fingerprint density at radius 3 is 2.57 bits per heavy atom. The first kappa shape index (κ1) is 25.0. The van der Waals surface area contributed by atoms with Crippen molar-refractivity contribution in [3.05, 3.63) is 52.9 Å². The van der Waals surface area contributed by atoms with Gasteiger partial charge in [-0.05, 0) is 18.6 Å². The molecule has 0 spiro atoms. The first-order valence-electron chi connectivity index (χ1n) is 10.7. The van der Waals surface area contributed by atoms with Crippen LogP contribution in [0.5, 0.6) is 11.5 Å². The fourth-order valence-corrected chi connectivity index (χ4v) is 4.60. The molecular formula is C24H23Cl2FN4O4. The Morgan fingerprint density at radius 1 is 1.20 bits per heavy atom. The summed E-state index contributed by atoms with van der Waals surface area (Å²) in [5.41, 5.74) is 0.766. The van der Waals surface area contributed by atoms with Gasteiger partial charge in [0.2, 0.25) is 11.9 Å². The number of anilines is 1. The highest BCUT2D eigenvalue weighted by atomic mass is 35.5. The van der Waals surface area contributed by atoms with Crippen LogP contribution in [0.15, 0.2) is 37.1 Å². The number of amides is 1. The van der Waals surface area contributed by atoms with E-state index in [1.54, 1.807) is 12.3 Å². The molecule has 1 aliphatic rings. The lowest BCUT2D eigenvalue weighted by atomic mass is 10.0. The molecule has 2 N–H and O–H groups in total. The second kappa shape index (κ2) is 10.6. The number of carbonyl (C=O) groups is 1. The molecule has 0 saturated carbocycles. The lowest BCUT2D eigenvalue weighted by molar-refractivity contribution is -0.117. The van der Waals surface area contributed by atoms with Crippen LogP contribution in [0, 0.1) is 5.82 Å². The molecule has 11 heteroatoms. The number of hydrogen-bond acceptors (Lipinski definition) is 7. The fraction of sp³-hybridized carbons (Fsp3) is 0.292. The summed E-state index contributed by atoms with van der Waals surface area (Å²) in [7, 11) is 2.89. The van der Waals surface area contributed by atoms with E-state index < -0.39 is 5.82 Å². The number of carbonyl (C=O) groups excluding carboxylic acids is 1. The summed E-state index contributed by atoms with van der Waals surface area (Å²) >= 11 is 12.9. The van der Waals surface area contributed by atoms with E-state index in [9.17, 15) is 4.79 Å². The van der Waals surface area contributed by atoms with E-state index in [0.717, 1.165) is 0 Å². The summed E-state index contributed by atoms with van der Waals surface area (Å²) < 4.78 is 31.4. The number of nitrogens with zero attached hydrogens (tertiary/aromatic N) is 2. The van der Waals surface area contributed by atoms with Crippen molar-refractivity contribution < 1.29 is 23.4 Å². The SMILES string of the molecule is C=CC(=O)N[C@H]1CCOC[C@H]1Nc1ncc2cc(-c3c(Cl)c(OC)cc(OC)c3Cl)c(F)cc2n1. The van der Waals surface area contributed by atoms with Gasteiger partial charge in [-0.15, -0.1) is 0 Å². The highest BCUT2D eigenvalue weighted by Gasteiger charge is 2.27. The van der Waals surface area contributed by atoms with Crippen LogP contribution < -0.4 is 20.1 Å². The molecule has 2 heterocycles. The molecular weight excluding hydrogens is 498 g/mol. The van der Waals surface area contributed by atoms with E-state index in [2.05, 4.69) is 27.2 Å². The first-order chi connectivity index (χ1) is 16.9. The molecule has 2 aromatic carbocycles. The first-order valence-corrected chi connectivity index (χ1v) is 11.5. The van der Waals surface area contributed by atoms with Crippen molar-refractivity contribution in [3.8, 4) is 22.6 Å². The van der Waals surface area contributed by atoms with E-state index in [1.807, 2.05) is 0 Å². The van der Waals surface area contributed by atoms with Gasteiger partial charge < -0.3 is 24.8 Å². The van der Waals surface area contributed by atoms with E-state index in [1.165, 1.54) is 32.4 Å². The molecule has 0 bridgehead atoms. The third-order valence-corrected chi connectivity index (χ3v) is 6.45. The Kier molecular flexibility index (Phi) is 7.59. The normalized spacial score (nSPS) is 17.6. The maximum Gasteiger partial charge on any atom is 0.243 e. The number of fused-ring (bicyclic) bond motifs is 1. The zero-order valence-electron chi connectivity index (χ0n) is 19.0. The van der Waals surface area contributed by atoms with Crippen LogP contribution in [0.3, 0.4) is 0 Å². The van der Waals surface area contributed by atoms with E-state index in [-0.39, 0.29) is 45.1 Å². The zero-order valence-corrected chi connectivity index (χ0v) is 20.5. The van der Waals surface area contributed by atoms with Crippen LogP contribution in [-0.4, -0.2) is 55.4 Å². The van der Waals surface area contributed by atoms with Crippen LogP contribution in [-0.2, 0) is 9.53 Å². The van der Waals surface area contributed by atoms with Gasteiger partial charge in [-0.25, -0.2) is 14.4 Å². The molecule has 0 unspecified atom stereocenters. The van der Waals surface area contributed by atoms with Crippen molar-refractivity contribution in [2.45, 2.75) is 18.5 Å². The topological polar surface area (TPSA) is 94.6 Å². The molecule has 1 aromatic heterocycles. The molecule has 0 radical (unpaired) electrons. The molecule has 35 heavy (non-hydrogen) atoms. The Hall–Kier alpha value is -3.14. The summed E-state index contributed by atoms with van der Waals surface area (Å²) in [5, 5.41) is 6.93. The molecule has 1 fully saturated rings. The molecule has 1 amide bonds. The number of halogens is 3. The van der Waals surface area contributed by atoms with E-state index in [0.29, 0.717) is 42.0 Å². The van der Waals surface area contributed by atoms with Gasteiger partial charge in [0.15, 0.2) is 0 Å². The molecule has 2 atom stereocenters. The van der Waals surface area contributed by atoms with Crippen molar-refractivity contribution in [2.75, 3.05) is 32.8 Å². The number of methoxy groups -OCH3 is 2. The van der Waals surface area contributed by atoms with Gasteiger partial charge in [0, 0.05) is 41.4 Å². The van der Waals surface area contributed by atoms with Crippen LogP contribution in [0.25, 0.3) is 22.0 Å². The molecule has 0 aliphatic carbocycles. The van der Waals surface area contributed by atoms with Gasteiger partial charge in [0.1, 0.15) is 17.3 Å². The second-order valence-electron chi connectivity index (χ2n) is 7.80. The average Bonchev–Trinajstić information content (AvgIpc) is 2.85. The van der Waals surface area contributed by atoms with Crippen LogP contribution in [0.1, 0.15) is 6.42 Å². The summed E-state index contributed by atoms with van der Waals surface area (Å²) in [6.45, 7) is 4.36. The maximum absolute atomic E-state index is 15.3. The summed E-state index contributed by atoms with van der Waals surface area (Å²) in [6.07, 6.45) is 3.40. The van der Waals surface area contributed by atoms with Crippen molar-refractivity contribution >= 4 is 46.0 Å². The third-order valence-electron chi connectivity index (χ3n) is 5.70. The van der Waals surface area contributed by atoms with E-state index in [4.69, 9.17) is 37.4 Å². The quantitative estimate of drug-likeness (QED) is 0.438. The van der Waals surface area contributed by atoms with Crippen molar-refractivity contribution in [1.29, 1.82) is 0 Å². The Balaban J connectivity index is 1.68. The number of aromatic nitrogens is 2. The Labute approximate surface area is 211 Å². The van der Waals surface area contributed by atoms with Gasteiger partial charge in [-0.2, -0.15) is 0 Å². The Bertz CT molecular complexity index is 1260. The second-order valence-corrected chi connectivity index (χ2v) is 8.56. The molecule has 1 saturated heterocycles. The van der Waals surface area contributed by atoms with Crippen LogP contribution >= 0.6 is 23.2 Å². The standard InChI is InChI=1S/C24H23Cl2FN4O4/c1-4-20(32)29-15-5-6-35-11-17(15)31-24-28-10-12-7-13(14(27)8-16(12)30-24)21-22(25)18(33-2)9-19(34-3)23(21)26/h4,7-10,15,17H,1,5-6,11H2,2-3H3,(H,29,32)(H,28,30,31)/t15-,17+/m0/s1. The van der Waals surface area contributed by atoms with Crippen LogP contribution in [0.4, 0.5) is 10.3 Å². The minimum atomic E-state index is -0.585. The smallest absolute Gasteiger partial charge is 0.243 e. The largest absolute Gasteiger partial charge is 0.495 e. The zero-order chi connectivity index (χ0) is 25.1. The number of rotatable bonds is 7. The van der Waals surface area contributed by atoms with E-state index >= 15 is 4.39 Å². The van der Waals surface area contributed by atoms with Crippen molar-refractivity contribution in [3.63, 3.8) is 0 Å². The van der Waals surface area contributed by atoms with Gasteiger partial charge in [-0.3, -0.25) is 4.79 Å². The van der Waals surface area contributed by atoms with Gasteiger partial charge in [0.25, 0.3) is 0 Å². The maximum atomic E-state index is 15.3. The molecule has 184 valence electrons. The highest BCUT2D eigenvalue weighted by molar-refractivity contribution is 6.41. The van der Waals surface area contributed by atoms with Crippen molar-refractivity contribution in [2.24, 2.45) is 0 Å². The van der Waals surface area contributed by atoms with Gasteiger partial charge >= 0.3 is 0 Å². The summed E-state index contributed by atoms with van der Waals surface area (Å²) in [6, 6.07) is 3.92. The minimum absolute atomic E-state index is 0.153. The molecule has 1 aliphatic heterocycles. The number of ether oxygens (including phenoxy) is 3. The molecule has 3 aromatic rings. The monoisotopic (exact) mass is 520 g/mol. The van der Waals surface area contributed by atoms with Gasteiger partial charge in [-0.1, -0.05) is 29.8 Å². The Morgan fingerprint density at radius 2 is 1.91 bits per heavy atom. The third kappa shape index (κ3) is 5.12. The lowest BCUT2D eigenvalue weighted by Gasteiger charge is -2.32. The predicted octanol–water partition coefficient (Wildman–Crippen LogP) is 4.63. The minimum Gasteiger partial charge on any atom is -0.495 e. The number of hydrogen-bond donors (Lipinski definition) is 2.